The first-order valence-electron chi connectivity index (χ1n) is 10.0. The lowest BCUT2D eigenvalue weighted by molar-refractivity contribution is 0.145. The van der Waals surface area contributed by atoms with Crippen LogP contribution in [-0.4, -0.2) is 15.6 Å². The van der Waals surface area contributed by atoms with Crippen molar-refractivity contribution in [1.29, 1.82) is 0 Å². The SMILES string of the molecule is CC(C)c1nc(COC(N)=O)n(CCCc2ccccc2)c1Sc1cc(Cl)cc(Cl)c1. The van der Waals surface area contributed by atoms with E-state index >= 15 is 0 Å². The lowest BCUT2D eigenvalue weighted by Gasteiger charge is -2.14. The van der Waals surface area contributed by atoms with Gasteiger partial charge in [0.15, 0.2) is 6.61 Å². The van der Waals surface area contributed by atoms with Gasteiger partial charge in [0.2, 0.25) is 0 Å². The Hall–Kier alpha value is -2.15. The maximum atomic E-state index is 11.2. The zero-order valence-electron chi connectivity index (χ0n) is 17.5. The first-order valence-corrected chi connectivity index (χ1v) is 11.6. The molecule has 0 aliphatic rings. The van der Waals surface area contributed by atoms with Crippen molar-refractivity contribution in [2.24, 2.45) is 5.73 Å². The van der Waals surface area contributed by atoms with E-state index < -0.39 is 6.09 Å². The number of amides is 1. The normalized spacial score (nSPS) is 11.1. The number of rotatable bonds is 9. The van der Waals surface area contributed by atoms with Gasteiger partial charge < -0.3 is 15.0 Å². The van der Waals surface area contributed by atoms with Crippen molar-refractivity contribution in [2.75, 3.05) is 0 Å². The van der Waals surface area contributed by atoms with Crippen LogP contribution in [0.1, 0.15) is 43.3 Å². The standard InChI is InChI=1S/C23H25Cl2N3O2S/c1-15(2)21-22(31-19-12-17(24)11-18(25)13-19)28(20(27-21)14-30-23(26)29)10-6-9-16-7-4-3-5-8-16/h3-5,7-8,11-13,15H,6,9-10,14H2,1-2H3,(H2,26,29). The molecule has 3 aromatic rings. The van der Waals surface area contributed by atoms with Gasteiger partial charge in [0.1, 0.15) is 10.9 Å². The highest BCUT2D eigenvalue weighted by Gasteiger charge is 2.21. The van der Waals surface area contributed by atoms with Gasteiger partial charge >= 0.3 is 6.09 Å². The molecule has 31 heavy (non-hydrogen) atoms. The van der Waals surface area contributed by atoms with E-state index in [1.54, 1.807) is 17.8 Å². The molecule has 1 heterocycles. The monoisotopic (exact) mass is 477 g/mol. The van der Waals surface area contributed by atoms with Gasteiger partial charge in [-0.3, -0.25) is 0 Å². The third kappa shape index (κ3) is 6.66. The van der Waals surface area contributed by atoms with Gasteiger partial charge in [-0.1, -0.05) is 79.1 Å². The van der Waals surface area contributed by atoms with Crippen LogP contribution < -0.4 is 5.73 Å². The van der Waals surface area contributed by atoms with E-state index in [0.29, 0.717) is 15.9 Å². The van der Waals surface area contributed by atoms with Crippen molar-refractivity contribution in [3.63, 3.8) is 0 Å². The van der Waals surface area contributed by atoms with Crippen LogP contribution in [0.4, 0.5) is 4.79 Å². The van der Waals surface area contributed by atoms with Crippen molar-refractivity contribution in [3.05, 3.63) is 75.7 Å². The minimum absolute atomic E-state index is 0.0251. The molecule has 2 N–H and O–H groups in total. The fraction of sp³-hybridized carbons (Fsp3) is 0.304. The minimum Gasteiger partial charge on any atom is -0.442 e. The summed E-state index contributed by atoms with van der Waals surface area (Å²) in [6, 6.07) is 15.8. The number of ether oxygens (including phenoxy) is 1. The zero-order valence-corrected chi connectivity index (χ0v) is 19.8. The third-order valence-electron chi connectivity index (χ3n) is 4.66. The van der Waals surface area contributed by atoms with Gasteiger partial charge in [0.25, 0.3) is 0 Å². The highest BCUT2D eigenvalue weighted by Crippen LogP contribution is 2.37. The number of primary amides is 1. The van der Waals surface area contributed by atoms with Crippen LogP contribution in [0.2, 0.25) is 10.0 Å². The number of hydrogen-bond acceptors (Lipinski definition) is 4. The van der Waals surface area contributed by atoms with Crippen molar-refractivity contribution >= 4 is 41.1 Å². The zero-order chi connectivity index (χ0) is 22.4. The van der Waals surface area contributed by atoms with Gasteiger partial charge in [0.05, 0.1) is 5.69 Å². The highest BCUT2D eigenvalue weighted by molar-refractivity contribution is 7.99. The molecule has 164 valence electrons. The smallest absolute Gasteiger partial charge is 0.404 e. The quantitative estimate of drug-likeness (QED) is 0.372. The van der Waals surface area contributed by atoms with Crippen LogP contribution in [-0.2, 0) is 24.3 Å². The van der Waals surface area contributed by atoms with Gasteiger partial charge in [-0.2, -0.15) is 0 Å². The van der Waals surface area contributed by atoms with E-state index in [9.17, 15) is 4.79 Å². The number of carbonyl (C=O) groups is 1. The average Bonchev–Trinajstić information content (AvgIpc) is 3.04. The molecule has 5 nitrogen and oxygen atoms in total. The molecule has 1 amide bonds. The minimum atomic E-state index is -0.819. The molecule has 0 aliphatic carbocycles. The molecule has 2 aromatic carbocycles. The summed E-state index contributed by atoms with van der Waals surface area (Å²) >= 11 is 14.0. The van der Waals surface area contributed by atoms with Crippen LogP contribution >= 0.6 is 35.0 Å². The Kier molecular flexibility index (Phi) is 8.29. The summed E-state index contributed by atoms with van der Waals surface area (Å²) in [5.74, 6) is 0.853. The second kappa shape index (κ2) is 10.9. The number of halogens is 2. The second-order valence-corrected chi connectivity index (χ2v) is 9.36. The van der Waals surface area contributed by atoms with Crippen molar-refractivity contribution in [1.82, 2.24) is 9.55 Å². The van der Waals surface area contributed by atoms with Gasteiger partial charge in [-0.25, -0.2) is 9.78 Å². The lowest BCUT2D eigenvalue weighted by Crippen LogP contribution is -2.15. The van der Waals surface area contributed by atoms with Crippen LogP contribution in [0.25, 0.3) is 0 Å². The Labute approximate surface area is 196 Å². The summed E-state index contributed by atoms with van der Waals surface area (Å²) in [7, 11) is 0. The second-order valence-electron chi connectivity index (χ2n) is 7.43. The summed E-state index contributed by atoms with van der Waals surface area (Å²) in [4.78, 5) is 16.9. The van der Waals surface area contributed by atoms with Crippen molar-refractivity contribution in [2.45, 2.75) is 55.7 Å². The summed E-state index contributed by atoms with van der Waals surface area (Å²) in [6.45, 7) is 4.93. The molecular formula is C23H25Cl2N3O2S. The summed E-state index contributed by atoms with van der Waals surface area (Å²) < 4.78 is 7.19. The Bertz CT molecular complexity index is 1020. The molecule has 3 rings (SSSR count). The number of aromatic nitrogens is 2. The Morgan fingerprint density at radius 3 is 2.45 bits per heavy atom. The molecule has 0 saturated heterocycles. The van der Waals surface area contributed by atoms with Crippen LogP contribution in [0.5, 0.6) is 0 Å². The average molecular weight is 478 g/mol. The Balaban J connectivity index is 1.93. The van der Waals surface area contributed by atoms with Gasteiger partial charge in [0, 0.05) is 21.5 Å². The lowest BCUT2D eigenvalue weighted by atomic mass is 10.1. The maximum absolute atomic E-state index is 11.2. The van der Waals surface area contributed by atoms with Crippen molar-refractivity contribution in [3.8, 4) is 0 Å². The maximum Gasteiger partial charge on any atom is 0.404 e. The third-order valence-corrected chi connectivity index (χ3v) is 6.19. The van der Waals surface area contributed by atoms with E-state index in [0.717, 1.165) is 35.0 Å². The first kappa shape index (κ1) is 23.5. The highest BCUT2D eigenvalue weighted by atomic mass is 35.5. The van der Waals surface area contributed by atoms with Crippen LogP contribution in [0, 0.1) is 0 Å². The topological polar surface area (TPSA) is 70.1 Å². The number of nitrogens with zero attached hydrogens (tertiary/aromatic N) is 2. The Morgan fingerprint density at radius 1 is 1.16 bits per heavy atom. The molecule has 0 aliphatic heterocycles. The molecule has 0 radical (unpaired) electrons. The molecule has 0 spiro atoms. The molecule has 8 heteroatoms. The molecule has 1 aromatic heterocycles. The van der Waals surface area contributed by atoms with Crippen LogP contribution in [0.15, 0.2) is 58.5 Å². The van der Waals surface area contributed by atoms with E-state index in [1.165, 1.54) is 5.56 Å². The van der Waals surface area contributed by atoms with E-state index in [2.05, 4.69) is 30.5 Å². The largest absolute Gasteiger partial charge is 0.442 e. The molecule has 0 unspecified atom stereocenters. The summed E-state index contributed by atoms with van der Waals surface area (Å²) in [5.41, 5.74) is 7.40. The van der Waals surface area contributed by atoms with E-state index in [4.69, 9.17) is 38.7 Å². The predicted octanol–water partition coefficient (Wildman–Crippen LogP) is 6.69. The number of imidazole rings is 1. The predicted molar refractivity (Wildman–Crippen MR) is 126 cm³/mol. The van der Waals surface area contributed by atoms with E-state index in [-0.39, 0.29) is 12.5 Å². The molecule has 0 saturated carbocycles. The first-order chi connectivity index (χ1) is 14.8. The van der Waals surface area contributed by atoms with Crippen LogP contribution in [0.3, 0.4) is 0 Å². The summed E-state index contributed by atoms with van der Waals surface area (Å²) in [5, 5.41) is 2.14. The number of carbonyl (C=O) groups excluding carboxylic acids is 1. The molecule has 0 bridgehead atoms. The fourth-order valence-corrected chi connectivity index (χ4v) is 5.19. The molecular weight excluding hydrogens is 453 g/mol. The fourth-order valence-electron chi connectivity index (χ4n) is 3.25. The van der Waals surface area contributed by atoms with E-state index in [1.807, 2.05) is 30.3 Å². The number of benzene rings is 2. The Morgan fingerprint density at radius 2 is 1.84 bits per heavy atom. The number of aryl methyl sites for hydroxylation is 1. The molecule has 0 atom stereocenters. The summed E-state index contributed by atoms with van der Waals surface area (Å²) in [6.07, 6.45) is 1.02. The number of nitrogens with two attached hydrogens (primary N) is 1. The van der Waals surface area contributed by atoms with Gasteiger partial charge in [-0.15, -0.1) is 0 Å². The van der Waals surface area contributed by atoms with Crippen molar-refractivity contribution < 1.29 is 9.53 Å². The number of hydrogen-bond donors (Lipinski definition) is 1. The molecule has 0 fully saturated rings. The van der Waals surface area contributed by atoms with Gasteiger partial charge in [-0.05, 0) is 42.5 Å².